The van der Waals surface area contributed by atoms with Crippen molar-refractivity contribution in [1.82, 2.24) is 10.6 Å². The molecular formula is C30H30N2O2. The Hall–Kier alpha value is -3.37. The molecule has 0 fully saturated rings. The third-order valence-corrected chi connectivity index (χ3v) is 7.40. The molecule has 2 heterocycles. The predicted molar refractivity (Wildman–Crippen MR) is 136 cm³/mol. The molecule has 0 saturated heterocycles. The van der Waals surface area contributed by atoms with Crippen LogP contribution in [-0.2, 0) is 12.8 Å². The first kappa shape index (κ1) is 21.2. The number of rotatable bonds is 4. The van der Waals surface area contributed by atoms with E-state index in [1.54, 1.807) is 0 Å². The molecule has 0 radical (unpaired) electrons. The molecule has 2 atom stereocenters. The van der Waals surface area contributed by atoms with Gasteiger partial charge in [-0.3, -0.25) is 4.79 Å². The second-order valence-electron chi connectivity index (χ2n) is 9.63. The summed E-state index contributed by atoms with van der Waals surface area (Å²) in [5.74, 6) is 1.14. The summed E-state index contributed by atoms with van der Waals surface area (Å²) in [7, 11) is 0. The molecule has 2 aliphatic rings. The van der Waals surface area contributed by atoms with Crippen LogP contribution in [0.2, 0.25) is 0 Å². The van der Waals surface area contributed by atoms with E-state index in [0.29, 0.717) is 0 Å². The van der Waals surface area contributed by atoms with Gasteiger partial charge in [0.05, 0.1) is 6.04 Å². The summed E-state index contributed by atoms with van der Waals surface area (Å²) < 4.78 is 6.44. The zero-order valence-corrected chi connectivity index (χ0v) is 19.6. The maximum atomic E-state index is 12.3. The summed E-state index contributed by atoms with van der Waals surface area (Å²) in [6, 6.07) is 23.9. The third-order valence-electron chi connectivity index (χ3n) is 7.40. The molecule has 2 unspecified atom stereocenters. The van der Waals surface area contributed by atoms with Crippen LogP contribution in [0.3, 0.4) is 0 Å². The number of fused-ring (bicyclic) bond motifs is 4. The third kappa shape index (κ3) is 3.82. The second-order valence-corrected chi connectivity index (χ2v) is 9.63. The average Bonchev–Trinajstić information content (AvgIpc) is 3.15. The summed E-state index contributed by atoms with van der Waals surface area (Å²) in [6.45, 7) is 2.97. The van der Waals surface area contributed by atoms with Gasteiger partial charge in [0.25, 0.3) is 5.91 Å². The maximum Gasteiger partial charge on any atom is 0.251 e. The minimum Gasteiger partial charge on any atom is -0.459 e. The van der Waals surface area contributed by atoms with Crippen molar-refractivity contribution >= 4 is 16.9 Å². The molecule has 6 rings (SSSR count). The first-order valence-corrected chi connectivity index (χ1v) is 12.5. The van der Waals surface area contributed by atoms with Crippen LogP contribution < -0.4 is 10.6 Å². The topological polar surface area (TPSA) is 54.3 Å². The van der Waals surface area contributed by atoms with Crippen molar-refractivity contribution in [1.29, 1.82) is 0 Å². The Labute approximate surface area is 200 Å². The number of furan rings is 1. The quantitative estimate of drug-likeness (QED) is 0.373. The van der Waals surface area contributed by atoms with E-state index >= 15 is 0 Å². The molecule has 172 valence electrons. The van der Waals surface area contributed by atoms with Crippen molar-refractivity contribution in [3.8, 4) is 11.1 Å². The van der Waals surface area contributed by atoms with Gasteiger partial charge in [-0.15, -0.1) is 0 Å². The van der Waals surface area contributed by atoms with Crippen LogP contribution in [0.1, 0.15) is 71.1 Å². The van der Waals surface area contributed by atoms with Gasteiger partial charge in [0.1, 0.15) is 11.3 Å². The zero-order chi connectivity index (χ0) is 23.1. The molecule has 34 heavy (non-hydrogen) atoms. The highest BCUT2D eigenvalue weighted by atomic mass is 16.3. The van der Waals surface area contributed by atoms with E-state index < -0.39 is 0 Å². The van der Waals surface area contributed by atoms with Gasteiger partial charge < -0.3 is 15.1 Å². The molecule has 1 aromatic heterocycles. The molecule has 4 nitrogen and oxygen atoms in total. The molecule has 1 aliphatic heterocycles. The normalized spacial score (nSPS) is 18.6. The van der Waals surface area contributed by atoms with Gasteiger partial charge >= 0.3 is 0 Å². The Bertz CT molecular complexity index is 1360. The van der Waals surface area contributed by atoms with Crippen molar-refractivity contribution in [2.24, 2.45) is 0 Å². The smallest absolute Gasteiger partial charge is 0.251 e. The standard InChI is InChI=1S/C30H30N2O2/c1-19(20-7-3-2-4-8-20)32-27-11-5-10-25-26-18-22(13-15-28(26)34-29(25)27)21-12-14-24-23(17-21)9-6-16-31-30(24)33/h2-4,7-8,12-15,17-19,27,32H,5-6,9-11,16H2,1H3,(H,31,33). The van der Waals surface area contributed by atoms with Crippen molar-refractivity contribution in [2.75, 3.05) is 6.54 Å². The molecule has 4 aromatic rings. The van der Waals surface area contributed by atoms with Crippen molar-refractivity contribution in [3.63, 3.8) is 0 Å². The molecule has 3 aromatic carbocycles. The summed E-state index contributed by atoms with van der Waals surface area (Å²) in [6.07, 6.45) is 5.20. The Morgan fingerprint density at radius 1 is 0.971 bits per heavy atom. The zero-order valence-electron chi connectivity index (χ0n) is 19.6. The van der Waals surface area contributed by atoms with E-state index in [2.05, 4.69) is 78.2 Å². The molecule has 2 N–H and O–H groups in total. The van der Waals surface area contributed by atoms with Crippen molar-refractivity contribution in [2.45, 2.75) is 51.1 Å². The van der Waals surface area contributed by atoms with E-state index in [4.69, 9.17) is 4.42 Å². The number of hydrogen-bond acceptors (Lipinski definition) is 3. The Morgan fingerprint density at radius 2 is 1.79 bits per heavy atom. The minimum absolute atomic E-state index is 0.0432. The maximum absolute atomic E-state index is 12.3. The van der Waals surface area contributed by atoms with Crippen molar-refractivity contribution < 1.29 is 9.21 Å². The summed E-state index contributed by atoms with van der Waals surface area (Å²) in [5, 5.41) is 8.02. The number of carbonyl (C=O) groups excluding carboxylic acids is 1. The number of hydrogen-bond donors (Lipinski definition) is 2. The van der Waals surface area contributed by atoms with Crippen LogP contribution in [0.15, 0.2) is 71.1 Å². The van der Waals surface area contributed by atoms with Gasteiger partial charge in [0, 0.05) is 29.1 Å². The fourth-order valence-corrected chi connectivity index (χ4v) is 5.58. The van der Waals surface area contributed by atoms with Crippen LogP contribution in [0.25, 0.3) is 22.1 Å². The highest BCUT2D eigenvalue weighted by Crippen LogP contribution is 2.40. The van der Waals surface area contributed by atoms with E-state index in [1.165, 1.54) is 22.1 Å². The monoisotopic (exact) mass is 450 g/mol. The van der Waals surface area contributed by atoms with Crippen LogP contribution >= 0.6 is 0 Å². The van der Waals surface area contributed by atoms with Crippen LogP contribution in [-0.4, -0.2) is 12.5 Å². The SMILES string of the molecule is CC(NC1CCCc2c1oc1ccc(-c3ccc4c(c3)CCCNC4=O)cc21)c1ccccc1. The molecule has 0 spiro atoms. The van der Waals surface area contributed by atoms with Gasteiger partial charge in [0.2, 0.25) is 0 Å². The molecule has 4 heteroatoms. The van der Waals surface area contributed by atoms with Gasteiger partial charge in [-0.1, -0.05) is 48.5 Å². The van der Waals surface area contributed by atoms with Gasteiger partial charge in [0.15, 0.2) is 0 Å². The number of amides is 1. The van der Waals surface area contributed by atoms with Gasteiger partial charge in [-0.2, -0.15) is 0 Å². The summed E-state index contributed by atoms with van der Waals surface area (Å²) in [4.78, 5) is 12.3. The minimum atomic E-state index is 0.0432. The lowest BCUT2D eigenvalue weighted by molar-refractivity contribution is 0.0956. The van der Waals surface area contributed by atoms with Gasteiger partial charge in [-0.05, 0) is 79.5 Å². The lowest BCUT2D eigenvalue weighted by Gasteiger charge is -2.26. The highest BCUT2D eigenvalue weighted by Gasteiger charge is 2.28. The van der Waals surface area contributed by atoms with Gasteiger partial charge in [-0.25, -0.2) is 0 Å². The first-order chi connectivity index (χ1) is 16.7. The average molecular weight is 451 g/mol. The van der Waals surface area contributed by atoms with E-state index in [9.17, 15) is 4.79 Å². The van der Waals surface area contributed by atoms with Crippen LogP contribution in [0.5, 0.6) is 0 Å². The number of aryl methyl sites for hydroxylation is 2. The fraction of sp³-hybridized carbons (Fsp3) is 0.300. The molecule has 1 amide bonds. The Morgan fingerprint density at radius 3 is 2.68 bits per heavy atom. The number of benzene rings is 3. The lowest BCUT2D eigenvalue weighted by atomic mass is 9.90. The Kier molecular flexibility index (Phi) is 5.46. The lowest BCUT2D eigenvalue weighted by Crippen LogP contribution is -2.27. The largest absolute Gasteiger partial charge is 0.459 e. The van der Waals surface area contributed by atoms with Crippen molar-refractivity contribution in [3.05, 3.63) is 94.7 Å². The molecule has 0 bridgehead atoms. The summed E-state index contributed by atoms with van der Waals surface area (Å²) >= 11 is 0. The second kappa shape index (κ2) is 8.77. The van der Waals surface area contributed by atoms with Crippen LogP contribution in [0.4, 0.5) is 0 Å². The number of carbonyl (C=O) groups is 1. The predicted octanol–water partition coefficient (Wildman–Crippen LogP) is 6.50. The fourth-order valence-electron chi connectivity index (χ4n) is 5.58. The summed E-state index contributed by atoms with van der Waals surface area (Å²) in [5.41, 5.74) is 7.89. The van der Waals surface area contributed by atoms with Crippen LogP contribution in [0, 0.1) is 0 Å². The first-order valence-electron chi connectivity index (χ1n) is 12.5. The van der Waals surface area contributed by atoms with E-state index in [-0.39, 0.29) is 18.0 Å². The number of nitrogens with one attached hydrogen (secondary N) is 2. The molecule has 0 saturated carbocycles. The Balaban J connectivity index is 1.33. The molecule has 1 aliphatic carbocycles. The van der Waals surface area contributed by atoms with E-state index in [1.807, 2.05) is 6.07 Å². The highest BCUT2D eigenvalue weighted by molar-refractivity contribution is 5.97. The van der Waals surface area contributed by atoms with E-state index in [0.717, 1.165) is 66.7 Å². The molecular weight excluding hydrogens is 420 g/mol.